The van der Waals surface area contributed by atoms with Gasteiger partial charge in [0.05, 0.1) is 0 Å². The average Bonchev–Trinajstić information content (AvgIpc) is 3.76. The molecule has 1 unspecified atom stereocenters. The Hall–Kier alpha value is -3.67. The number of hydrogen-bond acceptors (Lipinski definition) is 4. The minimum Gasteiger partial charge on any atom is -0.489 e. The van der Waals surface area contributed by atoms with Crippen LogP contribution in [0.3, 0.4) is 0 Å². The van der Waals surface area contributed by atoms with E-state index < -0.39 is 17.4 Å². The molecule has 5 rings (SSSR count). The minimum atomic E-state index is -1.49. The van der Waals surface area contributed by atoms with E-state index in [-0.39, 0.29) is 30.3 Å². The lowest BCUT2D eigenvalue weighted by Gasteiger charge is -2.33. The highest BCUT2D eigenvalue weighted by Gasteiger charge is 2.44. The fraction of sp³-hybridized carbons (Fsp3) is 0.367. The van der Waals surface area contributed by atoms with Crippen LogP contribution in [0.4, 0.5) is 0 Å². The molecule has 2 N–H and O–H groups in total. The van der Waals surface area contributed by atoms with Crippen molar-refractivity contribution in [2.45, 2.75) is 63.9 Å². The van der Waals surface area contributed by atoms with Gasteiger partial charge in [-0.15, -0.1) is 0 Å². The van der Waals surface area contributed by atoms with Crippen molar-refractivity contribution in [3.63, 3.8) is 0 Å². The lowest BCUT2D eigenvalue weighted by molar-refractivity contribution is -0.142. The number of carboxylic acid groups (broad SMARTS) is 2. The molecule has 3 aliphatic carbocycles. The molecule has 2 saturated carbocycles. The summed E-state index contributed by atoms with van der Waals surface area (Å²) in [4.78, 5) is 37.1. The predicted molar refractivity (Wildman–Crippen MR) is 134 cm³/mol. The number of aryl methyl sites for hydroxylation is 1. The fourth-order valence-electron chi connectivity index (χ4n) is 5.19. The predicted octanol–water partition coefficient (Wildman–Crippen LogP) is 5.73. The molecule has 0 amide bonds. The summed E-state index contributed by atoms with van der Waals surface area (Å²) in [6.07, 6.45) is 7.07. The quantitative estimate of drug-likeness (QED) is 0.439. The van der Waals surface area contributed by atoms with Crippen LogP contribution < -0.4 is 4.74 Å². The van der Waals surface area contributed by atoms with E-state index in [1.54, 1.807) is 31.2 Å². The molecule has 6 nitrogen and oxygen atoms in total. The van der Waals surface area contributed by atoms with Crippen LogP contribution in [0, 0.1) is 12.8 Å². The number of carboxylic acids is 2. The third kappa shape index (κ3) is 4.36. The third-order valence-electron chi connectivity index (χ3n) is 7.68. The van der Waals surface area contributed by atoms with Crippen LogP contribution >= 0.6 is 0 Å². The van der Waals surface area contributed by atoms with Crippen molar-refractivity contribution >= 4 is 17.7 Å². The van der Waals surface area contributed by atoms with Gasteiger partial charge in [0.15, 0.2) is 5.78 Å². The summed E-state index contributed by atoms with van der Waals surface area (Å²) in [7, 11) is 0. The van der Waals surface area contributed by atoms with Gasteiger partial charge in [-0.05, 0) is 91.5 Å². The van der Waals surface area contributed by atoms with Gasteiger partial charge in [-0.1, -0.05) is 30.4 Å². The summed E-state index contributed by atoms with van der Waals surface area (Å²) in [5, 5.41) is 20.2. The molecule has 2 aromatic rings. The molecule has 0 bridgehead atoms. The number of hydrogen-bond donors (Lipinski definition) is 2. The zero-order valence-electron chi connectivity index (χ0n) is 20.5. The van der Waals surface area contributed by atoms with Gasteiger partial charge < -0.3 is 14.9 Å². The Morgan fingerprint density at radius 1 is 1.03 bits per heavy atom. The smallest absolute Gasteiger partial charge is 0.331 e. The first-order valence-electron chi connectivity index (χ1n) is 12.5. The summed E-state index contributed by atoms with van der Waals surface area (Å²) in [6.45, 7) is 3.76. The standard InChI is InChI=1S/C30H30O6/c1-17-12-13-30(29(34)35,15-23(17)28(32)33)25-5-3-4-22(19-6-7-19)24(25)16-36-26-11-10-21(14-18(26)2)27(31)20-8-9-20/h3-5,10-14,19-20H,6-9,15-16H2,1-2H3,(H,32,33)(H,34,35). The summed E-state index contributed by atoms with van der Waals surface area (Å²) in [6, 6.07) is 11.1. The molecule has 0 aromatic heterocycles. The number of allylic oxidation sites excluding steroid dienone is 2. The highest BCUT2D eigenvalue weighted by Crippen LogP contribution is 2.47. The van der Waals surface area contributed by atoms with Gasteiger partial charge in [-0.2, -0.15) is 0 Å². The third-order valence-corrected chi connectivity index (χ3v) is 7.68. The number of benzene rings is 2. The van der Waals surface area contributed by atoms with Crippen LogP contribution in [-0.4, -0.2) is 27.9 Å². The molecule has 0 saturated heterocycles. The van der Waals surface area contributed by atoms with E-state index in [0.29, 0.717) is 28.4 Å². The van der Waals surface area contributed by atoms with E-state index in [1.807, 2.05) is 31.2 Å². The monoisotopic (exact) mass is 486 g/mol. The van der Waals surface area contributed by atoms with Crippen molar-refractivity contribution < 1.29 is 29.3 Å². The Morgan fingerprint density at radius 3 is 2.39 bits per heavy atom. The van der Waals surface area contributed by atoms with E-state index in [0.717, 1.165) is 42.4 Å². The van der Waals surface area contributed by atoms with Gasteiger partial charge in [0.2, 0.25) is 0 Å². The van der Waals surface area contributed by atoms with Crippen LogP contribution in [0.25, 0.3) is 0 Å². The number of carbonyl (C=O) groups is 3. The molecule has 3 aliphatic rings. The summed E-state index contributed by atoms with van der Waals surface area (Å²) < 4.78 is 6.25. The van der Waals surface area contributed by atoms with Gasteiger partial charge >= 0.3 is 11.9 Å². The summed E-state index contributed by atoms with van der Waals surface area (Å²) >= 11 is 0. The number of ketones is 1. The van der Waals surface area contributed by atoms with Crippen molar-refractivity contribution in [2.75, 3.05) is 0 Å². The Labute approximate surface area is 210 Å². The molecule has 0 heterocycles. The topological polar surface area (TPSA) is 101 Å². The molecular formula is C30H30O6. The Balaban J connectivity index is 1.51. The second-order valence-corrected chi connectivity index (χ2v) is 10.3. The number of Topliss-reactive ketones (excluding diaryl/α,β-unsaturated/α-hetero) is 1. The van der Waals surface area contributed by atoms with Gasteiger partial charge in [0.1, 0.15) is 17.8 Å². The Morgan fingerprint density at radius 2 is 1.78 bits per heavy atom. The molecule has 1 atom stereocenters. The Kier molecular flexibility index (Phi) is 6.07. The first kappa shape index (κ1) is 24.0. The Bertz CT molecular complexity index is 1320. The number of ether oxygens (including phenoxy) is 1. The normalized spacial score (nSPS) is 21.4. The molecule has 2 fully saturated rings. The largest absolute Gasteiger partial charge is 0.489 e. The zero-order valence-corrected chi connectivity index (χ0v) is 20.5. The minimum absolute atomic E-state index is 0.107. The molecule has 6 heteroatoms. The molecule has 0 radical (unpaired) electrons. The lowest BCUT2D eigenvalue weighted by Crippen LogP contribution is -2.38. The maximum absolute atomic E-state index is 12.8. The van der Waals surface area contributed by atoms with Crippen molar-refractivity contribution in [2.24, 2.45) is 5.92 Å². The highest BCUT2D eigenvalue weighted by molar-refractivity contribution is 5.99. The lowest BCUT2D eigenvalue weighted by atomic mass is 9.69. The molecule has 2 aromatic carbocycles. The molecule has 36 heavy (non-hydrogen) atoms. The van der Waals surface area contributed by atoms with Crippen molar-refractivity contribution in [3.8, 4) is 5.75 Å². The summed E-state index contributed by atoms with van der Waals surface area (Å²) in [5.41, 5.74) is 3.15. The SMILES string of the molecule is CC1=C(C(=O)O)CC(C(=O)O)(c2cccc(C3CC3)c2COc2ccc(C(=O)C3CC3)cc2C)C=C1. The van der Waals surface area contributed by atoms with E-state index in [4.69, 9.17) is 4.74 Å². The average molecular weight is 487 g/mol. The van der Waals surface area contributed by atoms with Crippen molar-refractivity contribution in [1.29, 1.82) is 0 Å². The first-order valence-corrected chi connectivity index (χ1v) is 12.5. The highest BCUT2D eigenvalue weighted by atomic mass is 16.5. The first-order chi connectivity index (χ1) is 17.2. The summed E-state index contributed by atoms with van der Waals surface area (Å²) in [5.74, 6) is -0.875. The van der Waals surface area contributed by atoms with Gasteiger partial charge in [0.25, 0.3) is 0 Å². The van der Waals surface area contributed by atoms with Crippen LogP contribution in [0.15, 0.2) is 59.7 Å². The molecule has 0 aliphatic heterocycles. The van der Waals surface area contributed by atoms with Crippen LogP contribution in [0.1, 0.15) is 77.6 Å². The van der Waals surface area contributed by atoms with Gasteiger partial charge in [0, 0.05) is 23.5 Å². The maximum Gasteiger partial charge on any atom is 0.331 e. The van der Waals surface area contributed by atoms with Crippen LogP contribution in [-0.2, 0) is 21.6 Å². The molecule has 186 valence electrons. The van der Waals surface area contributed by atoms with E-state index >= 15 is 0 Å². The van der Waals surface area contributed by atoms with E-state index in [2.05, 4.69) is 0 Å². The number of rotatable bonds is 9. The fourth-order valence-corrected chi connectivity index (χ4v) is 5.19. The zero-order chi connectivity index (χ0) is 25.6. The van der Waals surface area contributed by atoms with Crippen LogP contribution in [0.2, 0.25) is 0 Å². The van der Waals surface area contributed by atoms with Crippen molar-refractivity contribution in [3.05, 3.63) is 87.5 Å². The maximum atomic E-state index is 12.8. The molecular weight excluding hydrogens is 456 g/mol. The van der Waals surface area contributed by atoms with Crippen molar-refractivity contribution in [1.82, 2.24) is 0 Å². The van der Waals surface area contributed by atoms with Gasteiger partial charge in [-0.3, -0.25) is 9.59 Å². The second kappa shape index (κ2) is 9.08. The number of carbonyl (C=O) groups excluding carboxylic acids is 1. The van der Waals surface area contributed by atoms with Crippen LogP contribution in [0.5, 0.6) is 5.75 Å². The van der Waals surface area contributed by atoms with Gasteiger partial charge in [-0.25, -0.2) is 4.79 Å². The number of aliphatic carboxylic acids is 2. The molecule has 0 spiro atoms. The second-order valence-electron chi connectivity index (χ2n) is 10.3. The van der Waals surface area contributed by atoms with E-state index in [1.165, 1.54) is 0 Å². The van der Waals surface area contributed by atoms with E-state index in [9.17, 15) is 24.6 Å².